The molecule has 3 amide bonds. The van der Waals surface area contributed by atoms with E-state index in [2.05, 4.69) is 26.8 Å². The number of rotatable bonds is 9. The van der Waals surface area contributed by atoms with Crippen LogP contribution in [0.15, 0.2) is 48.9 Å². The van der Waals surface area contributed by atoms with Crippen LogP contribution in [-0.4, -0.2) is 75.5 Å². The van der Waals surface area contributed by atoms with Gasteiger partial charge in [-0.1, -0.05) is 12.1 Å². The van der Waals surface area contributed by atoms with E-state index in [9.17, 15) is 28.0 Å². The van der Waals surface area contributed by atoms with E-state index in [4.69, 9.17) is 11.1 Å². The Balaban J connectivity index is 1.51. The number of carbonyl (C=O) groups is 2. The maximum Gasteiger partial charge on any atom is 0.405 e. The predicted octanol–water partition coefficient (Wildman–Crippen LogP) is 2.11. The van der Waals surface area contributed by atoms with Gasteiger partial charge in [-0.05, 0) is 18.2 Å². The zero-order chi connectivity index (χ0) is 28.9. The van der Waals surface area contributed by atoms with Gasteiger partial charge >= 0.3 is 12.2 Å². The number of fused-ring (bicyclic) bond motifs is 1. The van der Waals surface area contributed by atoms with E-state index < -0.39 is 24.3 Å². The lowest BCUT2D eigenvalue weighted by molar-refractivity contribution is -0.137. The molecule has 1 aliphatic rings. The van der Waals surface area contributed by atoms with Gasteiger partial charge in [0.2, 0.25) is 5.91 Å². The first-order valence-corrected chi connectivity index (χ1v) is 12.0. The van der Waals surface area contributed by atoms with E-state index in [0.29, 0.717) is 41.1 Å². The van der Waals surface area contributed by atoms with Gasteiger partial charge in [-0.3, -0.25) is 4.79 Å². The van der Waals surface area contributed by atoms with Crippen LogP contribution >= 0.6 is 0 Å². The van der Waals surface area contributed by atoms with Crippen molar-refractivity contribution >= 4 is 35.1 Å². The third kappa shape index (κ3) is 6.35. The molecule has 2 aromatic heterocycles. The van der Waals surface area contributed by atoms with E-state index in [-0.39, 0.29) is 24.6 Å². The second kappa shape index (κ2) is 11.4. The number of nitriles is 1. The molecule has 4 rings (SSSR count). The lowest BCUT2D eigenvalue weighted by Gasteiger charge is -2.49. The molecule has 3 heterocycles. The molecule has 0 spiro atoms. The molecule has 1 aliphatic heterocycles. The standard InChI is InChI=1S/C25H25F3N10O2/c26-25(27,28)13-33-23(40)36-19-3-1-2-16(6-19)20-12-32-21-7-17(11-35-38(20)21)18(8-30)10-34-24(4-5-29)14-37(15-24)22(39)9-31/h1-3,6-8,10-12,30,34H,4,9,13-15,31H2,(H2,33,36,40)/b18-10+,30-8?. The summed E-state index contributed by atoms with van der Waals surface area (Å²) in [6, 6.07) is 9.31. The van der Waals surface area contributed by atoms with Gasteiger partial charge in [-0.15, -0.1) is 0 Å². The monoisotopic (exact) mass is 554 g/mol. The van der Waals surface area contributed by atoms with Gasteiger partial charge in [0.1, 0.15) is 6.54 Å². The molecule has 3 aromatic rings. The summed E-state index contributed by atoms with van der Waals surface area (Å²) in [5, 5.41) is 28.9. The number of imidazole rings is 1. The molecule has 12 nitrogen and oxygen atoms in total. The Morgan fingerprint density at radius 3 is 2.70 bits per heavy atom. The average molecular weight is 555 g/mol. The number of anilines is 1. The van der Waals surface area contributed by atoms with E-state index in [0.717, 1.165) is 6.21 Å². The smallest absolute Gasteiger partial charge is 0.380 e. The van der Waals surface area contributed by atoms with Gasteiger partial charge in [-0.2, -0.15) is 23.5 Å². The molecule has 0 unspecified atom stereocenters. The topological polar surface area (TPSA) is 177 Å². The molecule has 1 aromatic carbocycles. The Morgan fingerprint density at radius 1 is 1.25 bits per heavy atom. The highest BCUT2D eigenvalue weighted by Crippen LogP contribution is 2.27. The lowest BCUT2D eigenvalue weighted by Crippen LogP contribution is -2.69. The maximum atomic E-state index is 12.3. The number of benzene rings is 1. The summed E-state index contributed by atoms with van der Waals surface area (Å²) in [6.45, 7) is -0.930. The predicted molar refractivity (Wildman–Crippen MR) is 140 cm³/mol. The molecule has 1 fully saturated rings. The van der Waals surface area contributed by atoms with E-state index in [1.807, 2.05) is 0 Å². The Hall–Kier alpha value is -4.97. The van der Waals surface area contributed by atoms with Crippen molar-refractivity contribution in [3.05, 3.63) is 54.5 Å². The van der Waals surface area contributed by atoms with Gasteiger partial charge < -0.3 is 32.0 Å². The molecule has 1 saturated heterocycles. The number of urea groups is 1. The van der Waals surface area contributed by atoms with Gasteiger partial charge in [0.05, 0.1) is 42.7 Å². The Labute approximate surface area is 226 Å². The van der Waals surface area contributed by atoms with Crippen molar-refractivity contribution in [3.63, 3.8) is 0 Å². The lowest BCUT2D eigenvalue weighted by atomic mass is 9.86. The Morgan fingerprint density at radius 2 is 2.02 bits per heavy atom. The summed E-state index contributed by atoms with van der Waals surface area (Å²) in [5.41, 5.74) is 7.71. The van der Waals surface area contributed by atoms with Crippen molar-refractivity contribution in [2.24, 2.45) is 5.73 Å². The molecule has 0 saturated carbocycles. The molecular weight excluding hydrogens is 529 g/mol. The molecule has 0 aliphatic carbocycles. The van der Waals surface area contributed by atoms with Crippen LogP contribution in [-0.2, 0) is 4.79 Å². The minimum Gasteiger partial charge on any atom is -0.380 e. The molecule has 6 N–H and O–H groups in total. The number of hydrogen-bond donors (Lipinski definition) is 5. The molecule has 0 atom stereocenters. The van der Waals surface area contributed by atoms with Crippen LogP contribution in [0.4, 0.5) is 23.7 Å². The van der Waals surface area contributed by atoms with E-state index in [1.165, 1.54) is 12.3 Å². The minimum absolute atomic E-state index is 0.111. The van der Waals surface area contributed by atoms with Crippen molar-refractivity contribution in [2.45, 2.75) is 18.1 Å². The van der Waals surface area contributed by atoms with Gasteiger partial charge in [-0.25, -0.2) is 14.3 Å². The highest BCUT2D eigenvalue weighted by atomic mass is 19.4. The Kier molecular flexibility index (Phi) is 8.00. The first kappa shape index (κ1) is 28.0. The zero-order valence-electron chi connectivity index (χ0n) is 21.0. The van der Waals surface area contributed by atoms with Crippen LogP contribution in [0.25, 0.3) is 22.5 Å². The normalized spacial score (nSPS) is 14.7. The number of amides is 3. The number of aromatic nitrogens is 3. The van der Waals surface area contributed by atoms with Crippen molar-refractivity contribution in [1.29, 1.82) is 10.7 Å². The van der Waals surface area contributed by atoms with E-state index in [1.54, 1.807) is 51.4 Å². The van der Waals surface area contributed by atoms with Crippen molar-refractivity contribution in [2.75, 3.05) is 31.5 Å². The van der Waals surface area contributed by atoms with Crippen molar-refractivity contribution < 1.29 is 22.8 Å². The fourth-order valence-corrected chi connectivity index (χ4v) is 4.18. The fourth-order valence-electron chi connectivity index (χ4n) is 4.18. The number of likely N-dealkylation sites (tertiary alicyclic amines) is 1. The molecule has 0 radical (unpaired) electrons. The number of allylic oxidation sites excluding steroid dienone is 1. The third-order valence-electron chi connectivity index (χ3n) is 6.18. The quantitative estimate of drug-likeness (QED) is 0.252. The third-order valence-corrected chi connectivity index (χ3v) is 6.18. The van der Waals surface area contributed by atoms with Crippen LogP contribution in [0.2, 0.25) is 0 Å². The Bertz CT molecular complexity index is 1500. The SMILES string of the molecule is N#CCC1(N/C=C(\C=N)c2cnn3c(-c4cccc(NC(=O)NCC(F)(F)F)c4)cnc3c2)CN(C(=O)CN)C1. The maximum absolute atomic E-state index is 12.3. The molecular formula is C25H25F3N10O2. The molecule has 15 heteroatoms. The second-order valence-electron chi connectivity index (χ2n) is 9.12. The first-order chi connectivity index (χ1) is 19.1. The summed E-state index contributed by atoms with van der Waals surface area (Å²) < 4.78 is 38.6. The summed E-state index contributed by atoms with van der Waals surface area (Å²) in [6.07, 6.45) is 1.45. The van der Waals surface area contributed by atoms with Crippen LogP contribution in [0, 0.1) is 16.7 Å². The highest BCUT2D eigenvalue weighted by molar-refractivity contribution is 6.08. The van der Waals surface area contributed by atoms with Crippen LogP contribution in [0.5, 0.6) is 0 Å². The van der Waals surface area contributed by atoms with Crippen LogP contribution in [0.3, 0.4) is 0 Å². The van der Waals surface area contributed by atoms with Gasteiger partial charge in [0, 0.05) is 47.9 Å². The summed E-state index contributed by atoms with van der Waals surface area (Å²) >= 11 is 0. The van der Waals surface area contributed by atoms with Gasteiger partial charge in [0.25, 0.3) is 0 Å². The summed E-state index contributed by atoms with van der Waals surface area (Å²) in [7, 11) is 0. The fraction of sp³-hybridized carbons (Fsp3) is 0.280. The summed E-state index contributed by atoms with van der Waals surface area (Å²) in [4.78, 5) is 29.6. The number of alkyl halides is 3. The summed E-state index contributed by atoms with van der Waals surface area (Å²) in [5.74, 6) is -0.206. The molecule has 208 valence electrons. The largest absolute Gasteiger partial charge is 0.405 e. The van der Waals surface area contributed by atoms with Gasteiger partial charge in [0.15, 0.2) is 5.65 Å². The minimum atomic E-state index is -4.52. The number of nitrogens with one attached hydrogen (secondary N) is 4. The average Bonchev–Trinajstić information content (AvgIpc) is 3.33. The zero-order valence-corrected chi connectivity index (χ0v) is 21.0. The number of carbonyl (C=O) groups excluding carboxylic acids is 2. The number of nitrogens with zero attached hydrogens (tertiary/aromatic N) is 5. The second-order valence-corrected chi connectivity index (χ2v) is 9.12. The highest BCUT2D eigenvalue weighted by Gasteiger charge is 2.44. The van der Waals surface area contributed by atoms with E-state index >= 15 is 0 Å². The number of hydrogen-bond acceptors (Lipinski definition) is 8. The van der Waals surface area contributed by atoms with Crippen LogP contribution in [0.1, 0.15) is 12.0 Å². The number of nitrogens with two attached hydrogens (primary N) is 1. The van der Waals surface area contributed by atoms with Crippen molar-refractivity contribution in [1.82, 2.24) is 30.1 Å². The van der Waals surface area contributed by atoms with Crippen molar-refractivity contribution in [3.8, 4) is 17.3 Å². The first-order valence-electron chi connectivity index (χ1n) is 12.0. The molecule has 0 bridgehead atoms. The van der Waals surface area contributed by atoms with Crippen LogP contribution < -0.4 is 21.7 Å². The number of halogens is 3. The molecule has 40 heavy (non-hydrogen) atoms.